The van der Waals surface area contributed by atoms with Crippen LogP contribution in [0, 0.1) is 0 Å². The Morgan fingerprint density at radius 3 is 2.28 bits per heavy atom. The summed E-state index contributed by atoms with van der Waals surface area (Å²) in [6.45, 7) is 1.29. The van der Waals surface area contributed by atoms with E-state index in [9.17, 15) is 8.42 Å². The summed E-state index contributed by atoms with van der Waals surface area (Å²) in [4.78, 5) is 0. The van der Waals surface area contributed by atoms with E-state index in [-0.39, 0.29) is 12.4 Å². The van der Waals surface area contributed by atoms with Crippen molar-refractivity contribution in [2.45, 2.75) is 6.61 Å². The molecule has 0 amide bonds. The van der Waals surface area contributed by atoms with Gasteiger partial charge in [0.05, 0.1) is 32.2 Å². The van der Waals surface area contributed by atoms with E-state index >= 15 is 0 Å². The minimum atomic E-state index is -3.44. The van der Waals surface area contributed by atoms with Crippen LogP contribution in [0.2, 0.25) is 5.02 Å². The maximum Gasteiger partial charge on any atom is 0.211 e. The van der Waals surface area contributed by atoms with Crippen molar-refractivity contribution < 1.29 is 17.9 Å². The summed E-state index contributed by atoms with van der Waals surface area (Å²) in [6.07, 6.45) is 0. The van der Waals surface area contributed by atoms with E-state index in [0.29, 0.717) is 24.8 Å². The summed E-state index contributed by atoms with van der Waals surface area (Å²) in [6, 6.07) is 7.35. The van der Waals surface area contributed by atoms with Gasteiger partial charge in [0.25, 0.3) is 0 Å². The monoisotopic (exact) mass is 293 g/mol. The smallest absolute Gasteiger partial charge is 0.211 e. The molecule has 0 aromatic heterocycles. The van der Waals surface area contributed by atoms with Gasteiger partial charge in [0.15, 0.2) is 0 Å². The van der Waals surface area contributed by atoms with Gasteiger partial charge in [0.2, 0.25) is 10.0 Å². The van der Waals surface area contributed by atoms with Gasteiger partial charge in [-0.15, -0.1) is 0 Å². The Kier molecular flexibility index (Phi) is 6.59. The van der Waals surface area contributed by atoms with Gasteiger partial charge in [-0.05, 0) is 17.7 Å². The molecule has 0 spiro atoms. The van der Waals surface area contributed by atoms with Crippen molar-refractivity contribution in [3.63, 3.8) is 0 Å². The molecule has 1 aromatic carbocycles. The standard InChI is InChI=1S/C11H16ClNO4S/c12-11-3-1-10(2-4-11)9-17-6-5-16-7-8-18(13,14)15/h1-4H,5-9H2,(H2,13,14,15). The number of hydrogen-bond acceptors (Lipinski definition) is 4. The SMILES string of the molecule is NS(=O)(=O)CCOCCOCc1ccc(Cl)cc1. The third kappa shape index (κ3) is 7.62. The highest BCUT2D eigenvalue weighted by molar-refractivity contribution is 7.89. The Morgan fingerprint density at radius 1 is 1.06 bits per heavy atom. The summed E-state index contributed by atoms with van der Waals surface area (Å²) in [5.41, 5.74) is 1.02. The molecule has 1 aromatic rings. The first kappa shape index (κ1) is 15.4. The lowest BCUT2D eigenvalue weighted by Crippen LogP contribution is -2.21. The molecule has 18 heavy (non-hydrogen) atoms. The van der Waals surface area contributed by atoms with Gasteiger partial charge in [0, 0.05) is 5.02 Å². The van der Waals surface area contributed by atoms with E-state index in [1.165, 1.54) is 0 Å². The highest BCUT2D eigenvalue weighted by Gasteiger charge is 2.01. The summed E-state index contributed by atoms with van der Waals surface area (Å²) in [5.74, 6) is -0.176. The first-order valence-electron chi connectivity index (χ1n) is 5.38. The van der Waals surface area contributed by atoms with Gasteiger partial charge in [-0.3, -0.25) is 0 Å². The molecule has 7 heteroatoms. The molecule has 0 aliphatic carbocycles. The molecule has 0 aliphatic heterocycles. The Morgan fingerprint density at radius 2 is 1.67 bits per heavy atom. The maximum atomic E-state index is 10.6. The minimum Gasteiger partial charge on any atom is -0.378 e. The van der Waals surface area contributed by atoms with Gasteiger partial charge in [-0.2, -0.15) is 0 Å². The van der Waals surface area contributed by atoms with Gasteiger partial charge in [-0.1, -0.05) is 23.7 Å². The van der Waals surface area contributed by atoms with Crippen LogP contribution in [-0.2, 0) is 26.1 Å². The lowest BCUT2D eigenvalue weighted by molar-refractivity contribution is 0.0459. The Bertz CT molecular complexity index is 447. The third-order valence-corrected chi connectivity index (χ3v) is 3.05. The summed E-state index contributed by atoms with van der Waals surface area (Å²) in [7, 11) is -3.44. The topological polar surface area (TPSA) is 78.6 Å². The quantitative estimate of drug-likeness (QED) is 0.730. The average Bonchev–Trinajstić information content (AvgIpc) is 2.29. The van der Waals surface area contributed by atoms with E-state index in [1.54, 1.807) is 12.1 Å². The predicted octanol–water partition coefficient (Wildman–Crippen LogP) is 1.16. The molecular formula is C11H16ClNO4S. The van der Waals surface area contributed by atoms with Crippen molar-refractivity contribution in [1.82, 2.24) is 0 Å². The van der Waals surface area contributed by atoms with Crippen molar-refractivity contribution >= 4 is 21.6 Å². The van der Waals surface area contributed by atoms with Gasteiger partial charge in [0.1, 0.15) is 0 Å². The summed E-state index contributed by atoms with van der Waals surface area (Å²) >= 11 is 5.75. The second kappa shape index (κ2) is 7.70. The number of hydrogen-bond donors (Lipinski definition) is 1. The number of nitrogens with two attached hydrogens (primary N) is 1. The van der Waals surface area contributed by atoms with E-state index in [0.717, 1.165) is 5.56 Å². The Hall–Kier alpha value is -0.660. The van der Waals surface area contributed by atoms with Crippen molar-refractivity contribution in [2.75, 3.05) is 25.6 Å². The van der Waals surface area contributed by atoms with Crippen LogP contribution in [0.25, 0.3) is 0 Å². The third-order valence-electron chi connectivity index (χ3n) is 2.07. The Labute approximate surface area is 112 Å². The maximum absolute atomic E-state index is 10.6. The van der Waals surface area contributed by atoms with Crippen LogP contribution < -0.4 is 5.14 Å². The number of rotatable bonds is 8. The van der Waals surface area contributed by atoms with Crippen LogP contribution in [0.5, 0.6) is 0 Å². The summed E-state index contributed by atoms with van der Waals surface area (Å²) < 4.78 is 31.6. The number of benzene rings is 1. The number of halogens is 1. The molecule has 0 saturated carbocycles. The molecule has 0 saturated heterocycles. The van der Waals surface area contributed by atoms with Crippen molar-refractivity contribution in [2.24, 2.45) is 5.14 Å². The molecule has 0 aliphatic rings. The number of ether oxygens (including phenoxy) is 2. The molecule has 102 valence electrons. The lowest BCUT2D eigenvalue weighted by atomic mass is 10.2. The summed E-state index contributed by atoms with van der Waals surface area (Å²) in [5, 5.41) is 5.50. The molecule has 1 rings (SSSR count). The van der Waals surface area contributed by atoms with Gasteiger partial charge >= 0.3 is 0 Å². The zero-order valence-electron chi connectivity index (χ0n) is 9.84. The highest BCUT2D eigenvalue weighted by atomic mass is 35.5. The van der Waals surface area contributed by atoms with Crippen LogP contribution in [0.3, 0.4) is 0 Å². The minimum absolute atomic E-state index is 0.0864. The zero-order valence-corrected chi connectivity index (χ0v) is 11.4. The molecule has 2 N–H and O–H groups in total. The van der Waals surface area contributed by atoms with Crippen LogP contribution in [-0.4, -0.2) is 34.0 Å². The normalized spacial score (nSPS) is 11.7. The van der Waals surface area contributed by atoms with Gasteiger partial charge in [-0.25, -0.2) is 13.6 Å². The largest absolute Gasteiger partial charge is 0.378 e. The van der Waals surface area contributed by atoms with E-state index in [2.05, 4.69) is 0 Å². The molecule has 0 heterocycles. The van der Waals surface area contributed by atoms with Crippen molar-refractivity contribution in [3.8, 4) is 0 Å². The second-order valence-corrected chi connectivity index (χ2v) is 5.83. The molecule has 0 radical (unpaired) electrons. The highest BCUT2D eigenvalue weighted by Crippen LogP contribution is 2.09. The fourth-order valence-corrected chi connectivity index (χ4v) is 1.64. The first-order valence-corrected chi connectivity index (χ1v) is 7.47. The lowest BCUT2D eigenvalue weighted by Gasteiger charge is -2.05. The Balaban J connectivity index is 2.04. The van der Waals surface area contributed by atoms with Crippen molar-refractivity contribution in [3.05, 3.63) is 34.9 Å². The average molecular weight is 294 g/mol. The van der Waals surface area contributed by atoms with Gasteiger partial charge < -0.3 is 9.47 Å². The van der Waals surface area contributed by atoms with Crippen LogP contribution >= 0.6 is 11.6 Å². The fourth-order valence-electron chi connectivity index (χ4n) is 1.17. The van der Waals surface area contributed by atoms with Crippen LogP contribution in [0.15, 0.2) is 24.3 Å². The zero-order chi connectivity index (χ0) is 13.4. The number of sulfonamides is 1. The first-order chi connectivity index (χ1) is 8.47. The molecule has 0 unspecified atom stereocenters. The van der Waals surface area contributed by atoms with Crippen LogP contribution in [0.4, 0.5) is 0 Å². The molecule has 0 fully saturated rings. The van der Waals surface area contributed by atoms with Crippen molar-refractivity contribution in [1.29, 1.82) is 0 Å². The van der Waals surface area contributed by atoms with Crippen LogP contribution in [0.1, 0.15) is 5.56 Å². The fraction of sp³-hybridized carbons (Fsp3) is 0.455. The molecule has 5 nitrogen and oxygen atoms in total. The van der Waals surface area contributed by atoms with E-state index in [4.69, 9.17) is 26.2 Å². The number of primary sulfonamides is 1. The van der Waals surface area contributed by atoms with E-state index < -0.39 is 10.0 Å². The molecule has 0 bridgehead atoms. The second-order valence-electron chi connectivity index (χ2n) is 3.66. The molecular weight excluding hydrogens is 278 g/mol. The molecule has 0 atom stereocenters. The van der Waals surface area contributed by atoms with E-state index in [1.807, 2.05) is 12.1 Å². The predicted molar refractivity (Wildman–Crippen MR) is 69.9 cm³/mol.